The van der Waals surface area contributed by atoms with Gasteiger partial charge in [-0.3, -0.25) is 4.79 Å². The van der Waals surface area contributed by atoms with Gasteiger partial charge in [0.05, 0.1) is 5.75 Å². The Balaban J connectivity index is 2.09. The largest absolute Gasteiger partial charge is 0.356 e. The SMILES string of the molecule is CCS(=O)(=O)N(C)CCCNC(=O)CCCCc1ccc(Br)cc1. The summed E-state index contributed by atoms with van der Waals surface area (Å²) in [6, 6.07) is 8.23. The third-order valence-electron chi connectivity index (χ3n) is 3.84. The van der Waals surface area contributed by atoms with E-state index in [0.717, 1.165) is 23.7 Å². The summed E-state index contributed by atoms with van der Waals surface area (Å²) in [7, 11) is -1.56. The van der Waals surface area contributed by atoms with Crippen molar-refractivity contribution in [3.05, 3.63) is 34.3 Å². The van der Waals surface area contributed by atoms with E-state index in [-0.39, 0.29) is 11.7 Å². The number of sulfonamides is 1. The van der Waals surface area contributed by atoms with Crippen molar-refractivity contribution in [3.63, 3.8) is 0 Å². The second-order valence-corrected chi connectivity index (χ2v) is 9.04. The number of nitrogens with zero attached hydrogens (tertiary/aromatic N) is 1. The van der Waals surface area contributed by atoms with E-state index in [2.05, 4.69) is 33.4 Å². The number of carbonyl (C=O) groups excluding carboxylic acids is 1. The van der Waals surface area contributed by atoms with Crippen LogP contribution in [-0.2, 0) is 21.2 Å². The maximum Gasteiger partial charge on any atom is 0.219 e. The molecule has 0 unspecified atom stereocenters. The van der Waals surface area contributed by atoms with Gasteiger partial charge in [-0.15, -0.1) is 0 Å². The lowest BCUT2D eigenvalue weighted by molar-refractivity contribution is -0.121. The fourth-order valence-corrected chi connectivity index (χ4v) is 3.36. The summed E-state index contributed by atoms with van der Waals surface area (Å²) in [5.74, 6) is 0.139. The Morgan fingerprint density at radius 2 is 1.83 bits per heavy atom. The lowest BCUT2D eigenvalue weighted by Gasteiger charge is -2.15. The molecule has 0 saturated carbocycles. The third kappa shape index (κ3) is 8.26. The number of hydrogen-bond donors (Lipinski definition) is 1. The van der Waals surface area contributed by atoms with E-state index in [9.17, 15) is 13.2 Å². The molecule has 0 fully saturated rings. The van der Waals surface area contributed by atoms with Crippen LogP contribution in [0.2, 0.25) is 0 Å². The minimum atomic E-state index is -3.13. The normalized spacial score (nSPS) is 11.7. The van der Waals surface area contributed by atoms with E-state index >= 15 is 0 Å². The molecule has 0 aliphatic heterocycles. The average Bonchev–Trinajstić information content (AvgIpc) is 2.57. The number of unbranched alkanes of at least 4 members (excludes halogenated alkanes) is 1. The van der Waals surface area contributed by atoms with E-state index in [1.165, 1.54) is 9.87 Å². The summed E-state index contributed by atoms with van der Waals surface area (Å²) in [6.07, 6.45) is 3.94. The van der Waals surface area contributed by atoms with Crippen molar-refractivity contribution in [2.45, 2.75) is 39.0 Å². The highest BCUT2D eigenvalue weighted by Gasteiger charge is 2.14. The highest BCUT2D eigenvalue weighted by molar-refractivity contribution is 9.10. The van der Waals surface area contributed by atoms with Crippen LogP contribution in [0.3, 0.4) is 0 Å². The number of amides is 1. The molecule has 1 amide bonds. The number of carbonyl (C=O) groups is 1. The van der Waals surface area contributed by atoms with E-state index in [4.69, 9.17) is 0 Å². The zero-order valence-electron chi connectivity index (χ0n) is 14.4. The molecule has 0 aromatic heterocycles. The highest BCUT2D eigenvalue weighted by atomic mass is 79.9. The van der Waals surface area contributed by atoms with E-state index in [0.29, 0.717) is 25.9 Å². The summed E-state index contributed by atoms with van der Waals surface area (Å²) in [4.78, 5) is 11.7. The molecule has 5 nitrogen and oxygen atoms in total. The van der Waals surface area contributed by atoms with Crippen molar-refractivity contribution in [2.24, 2.45) is 0 Å². The van der Waals surface area contributed by atoms with Crippen molar-refractivity contribution in [1.29, 1.82) is 0 Å². The second kappa shape index (κ2) is 10.8. The van der Waals surface area contributed by atoms with Crippen LogP contribution in [0.15, 0.2) is 28.7 Å². The Hall–Kier alpha value is -0.920. The molecule has 1 rings (SSSR count). The monoisotopic (exact) mass is 418 g/mol. The number of benzene rings is 1. The Kier molecular flexibility index (Phi) is 9.54. The molecular weight excluding hydrogens is 392 g/mol. The van der Waals surface area contributed by atoms with Crippen molar-refractivity contribution >= 4 is 31.9 Å². The second-order valence-electron chi connectivity index (χ2n) is 5.76. The number of hydrogen-bond acceptors (Lipinski definition) is 3. The fraction of sp³-hybridized carbons (Fsp3) is 0.588. The summed E-state index contributed by atoms with van der Waals surface area (Å²) >= 11 is 3.41. The molecule has 0 radical (unpaired) electrons. The smallest absolute Gasteiger partial charge is 0.219 e. The molecule has 1 aromatic rings. The number of nitrogens with one attached hydrogen (secondary N) is 1. The predicted molar refractivity (Wildman–Crippen MR) is 101 cm³/mol. The Bertz CT molecular complexity index is 603. The number of halogens is 1. The van der Waals surface area contributed by atoms with Gasteiger partial charge >= 0.3 is 0 Å². The first-order valence-corrected chi connectivity index (χ1v) is 10.7. The van der Waals surface area contributed by atoms with Crippen LogP contribution in [-0.4, -0.2) is 44.5 Å². The van der Waals surface area contributed by atoms with Gasteiger partial charge in [-0.2, -0.15) is 0 Å². The van der Waals surface area contributed by atoms with Crippen molar-refractivity contribution in [3.8, 4) is 0 Å². The topological polar surface area (TPSA) is 66.5 Å². The molecule has 0 atom stereocenters. The third-order valence-corrected chi connectivity index (χ3v) is 6.23. The first kappa shape index (κ1) is 21.1. The Labute approximate surface area is 154 Å². The number of aryl methyl sites for hydroxylation is 1. The summed E-state index contributed by atoms with van der Waals surface area (Å²) in [5.41, 5.74) is 1.28. The van der Waals surface area contributed by atoms with Crippen molar-refractivity contribution in [2.75, 3.05) is 25.9 Å². The molecule has 136 valence electrons. The van der Waals surface area contributed by atoms with Gasteiger partial charge in [-0.25, -0.2) is 12.7 Å². The van der Waals surface area contributed by atoms with Gasteiger partial charge in [-0.1, -0.05) is 28.1 Å². The average molecular weight is 419 g/mol. The maximum absolute atomic E-state index is 11.7. The van der Waals surface area contributed by atoms with Crippen LogP contribution in [0.5, 0.6) is 0 Å². The Morgan fingerprint density at radius 1 is 1.17 bits per heavy atom. The quantitative estimate of drug-likeness (QED) is 0.561. The van der Waals surface area contributed by atoms with Crippen LogP contribution >= 0.6 is 15.9 Å². The molecule has 0 heterocycles. The number of rotatable bonds is 11. The highest BCUT2D eigenvalue weighted by Crippen LogP contribution is 2.12. The molecule has 24 heavy (non-hydrogen) atoms. The van der Waals surface area contributed by atoms with Gasteiger partial charge in [0.1, 0.15) is 0 Å². The molecule has 1 aromatic carbocycles. The predicted octanol–water partition coefficient (Wildman–Crippen LogP) is 2.95. The van der Waals surface area contributed by atoms with Crippen LogP contribution in [0.1, 0.15) is 38.2 Å². The van der Waals surface area contributed by atoms with Gasteiger partial charge in [0, 0.05) is 31.0 Å². The van der Waals surface area contributed by atoms with Gasteiger partial charge in [0.25, 0.3) is 0 Å². The van der Waals surface area contributed by atoms with Crippen LogP contribution in [0, 0.1) is 0 Å². The fourth-order valence-electron chi connectivity index (χ4n) is 2.24. The molecule has 0 aliphatic rings. The summed E-state index contributed by atoms with van der Waals surface area (Å²) < 4.78 is 25.6. The minimum absolute atomic E-state index is 0.0341. The summed E-state index contributed by atoms with van der Waals surface area (Å²) in [6.45, 7) is 2.57. The molecule has 0 aliphatic carbocycles. The van der Waals surface area contributed by atoms with Crippen molar-refractivity contribution in [1.82, 2.24) is 9.62 Å². The van der Waals surface area contributed by atoms with Crippen LogP contribution in [0.25, 0.3) is 0 Å². The van der Waals surface area contributed by atoms with E-state index in [1.807, 2.05) is 12.1 Å². The lowest BCUT2D eigenvalue weighted by Crippen LogP contribution is -2.32. The van der Waals surface area contributed by atoms with Gasteiger partial charge < -0.3 is 5.32 Å². The minimum Gasteiger partial charge on any atom is -0.356 e. The molecular formula is C17H27BrN2O3S. The lowest BCUT2D eigenvalue weighted by atomic mass is 10.1. The van der Waals surface area contributed by atoms with E-state index < -0.39 is 10.0 Å². The van der Waals surface area contributed by atoms with Gasteiger partial charge in [-0.05, 0) is 50.3 Å². The zero-order chi connectivity index (χ0) is 18.0. The van der Waals surface area contributed by atoms with Crippen LogP contribution in [0.4, 0.5) is 0 Å². The maximum atomic E-state index is 11.7. The molecule has 0 saturated heterocycles. The van der Waals surface area contributed by atoms with Crippen LogP contribution < -0.4 is 5.32 Å². The molecule has 0 spiro atoms. The van der Waals surface area contributed by atoms with Crippen molar-refractivity contribution < 1.29 is 13.2 Å². The van der Waals surface area contributed by atoms with E-state index in [1.54, 1.807) is 14.0 Å². The molecule has 7 heteroatoms. The standard InChI is InChI=1S/C17H27BrN2O3S/c1-3-24(22,23)20(2)14-6-13-19-17(21)8-5-4-7-15-9-11-16(18)12-10-15/h9-12H,3-8,13-14H2,1-2H3,(H,19,21). The first-order chi connectivity index (χ1) is 11.3. The Morgan fingerprint density at radius 3 is 2.46 bits per heavy atom. The summed E-state index contributed by atoms with van der Waals surface area (Å²) in [5, 5.41) is 2.85. The zero-order valence-corrected chi connectivity index (χ0v) is 16.8. The van der Waals surface area contributed by atoms with Gasteiger partial charge in [0.2, 0.25) is 15.9 Å². The van der Waals surface area contributed by atoms with Gasteiger partial charge in [0.15, 0.2) is 0 Å². The molecule has 0 bridgehead atoms. The first-order valence-electron chi connectivity index (χ1n) is 8.30. The molecule has 1 N–H and O–H groups in total.